The van der Waals surface area contributed by atoms with Gasteiger partial charge in [0.05, 0.1) is 6.20 Å². The highest BCUT2D eigenvalue weighted by Crippen LogP contribution is 2.28. The van der Waals surface area contributed by atoms with Gasteiger partial charge in [0.25, 0.3) is 0 Å². The highest BCUT2D eigenvalue weighted by Gasteiger charge is 2.06. The van der Waals surface area contributed by atoms with Crippen molar-refractivity contribution in [2.24, 2.45) is 0 Å². The number of nitrogens with zero attached hydrogens (tertiary/aromatic N) is 1. The standard InChI is InChI=1S/C9H5BrFNO/c10-8-3-6(11)1-2-7(8)9-4-12-5-13-9/h1-5H. The summed E-state index contributed by atoms with van der Waals surface area (Å²) in [6.07, 6.45) is 2.92. The van der Waals surface area contributed by atoms with E-state index < -0.39 is 0 Å². The first-order chi connectivity index (χ1) is 6.27. The number of oxazole rings is 1. The van der Waals surface area contributed by atoms with Crippen molar-refractivity contribution in [3.8, 4) is 11.3 Å². The Kier molecular flexibility index (Phi) is 2.14. The van der Waals surface area contributed by atoms with E-state index >= 15 is 0 Å². The molecule has 0 unspecified atom stereocenters. The number of rotatable bonds is 1. The lowest BCUT2D eigenvalue weighted by Crippen LogP contribution is -1.79. The van der Waals surface area contributed by atoms with Crippen molar-refractivity contribution in [2.45, 2.75) is 0 Å². The molecule has 0 saturated carbocycles. The molecule has 66 valence electrons. The fraction of sp³-hybridized carbons (Fsp3) is 0. The van der Waals surface area contributed by atoms with Crippen LogP contribution in [0.5, 0.6) is 0 Å². The van der Waals surface area contributed by atoms with Crippen LogP contribution in [0.3, 0.4) is 0 Å². The third-order valence-electron chi connectivity index (χ3n) is 1.63. The molecule has 0 radical (unpaired) electrons. The Morgan fingerprint density at radius 2 is 2.23 bits per heavy atom. The Balaban J connectivity index is 2.53. The largest absolute Gasteiger partial charge is 0.443 e. The maximum Gasteiger partial charge on any atom is 0.181 e. The van der Waals surface area contributed by atoms with Gasteiger partial charge in [0.15, 0.2) is 12.2 Å². The molecule has 0 aliphatic carbocycles. The zero-order chi connectivity index (χ0) is 9.26. The van der Waals surface area contributed by atoms with Gasteiger partial charge in [0.1, 0.15) is 5.82 Å². The lowest BCUT2D eigenvalue weighted by molar-refractivity contribution is 0.571. The predicted molar refractivity (Wildman–Crippen MR) is 49.6 cm³/mol. The van der Waals surface area contributed by atoms with E-state index in [4.69, 9.17) is 4.42 Å². The molecule has 0 spiro atoms. The van der Waals surface area contributed by atoms with E-state index in [-0.39, 0.29) is 5.82 Å². The first kappa shape index (κ1) is 8.44. The maximum absolute atomic E-state index is 12.7. The summed E-state index contributed by atoms with van der Waals surface area (Å²) < 4.78 is 18.4. The normalized spacial score (nSPS) is 10.3. The van der Waals surface area contributed by atoms with Crippen molar-refractivity contribution in [1.82, 2.24) is 4.98 Å². The average Bonchev–Trinajstić information content (AvgIpc) is 2.56. The summed E-state index contributed by atoms with van der Waals surface area (Å²) in [6, 6.07) is 4.40. The van der Waals surface area contributed by atoms with E-state index in [0.717, 1.165) is 5.56 Å². The molecular formula is C9H5BrFNO. The van der Waals surface area contributed by atoms with Gasteiger partial charge in [-0.2, -0.15) is 0 Å². The van der Waals surface area contributed by atoms with Crippen LogP contribution in [0.1, 0.15) is 0 Å². The van der Waals surface area contributed by atoms with E-state index in [9.17, 15) is 4.39 Å². The van der Waals surface area contributed by atoms with E-state index in [2.05, 4.69) is 20.9 Å². The number of benzene rings is 1. The summed E-state index contributed by atoms with van der Waals surface area (Å²) >= 11 is 3.24. The molecule has 2 aromatic rings. The van der Waals surface area contributed by atoms with Crippen molar-refractivity contribution < 1.29 is 8.81 Å². The molecule has 0 amide bonds. The second-order valence-corrected chi connectivity index (χ2v) is 3.34. The minimum Gasteiger partial charge on any atom is -0.443 e. The molecule has 1 aromatic heterocycles. The van der Waals surface area contributed by atoms with Gasteiger partial charge in [-0.15, -0.1) is 0 Å². The molecule has 0 N–H and O–H groups in total. The number of aromatic nitrogens is 1. The SMILES string of the molecule is Fc1ccc(-c2cnco2)c(Br)c1. The van der Waals surface area contributed by atoms with E-state index in [0.29, 0.717) is 10.2 Å². The van der Waals surface area contributed by atoms with E-state index in [1.54, 1.807) is 12.3 Å². The topological polar surface area (TPSA) is 26.0 Å². The molecule has 13 heavy (non-hydrogen) atoms. The molecule has 0 bridgehead atoms. The lowest BCUT2D eigenvalue weighted by atomic mass is 10.2. The molecule has 2 nitrogen and oxygen atoms in total. The first-order valence-electron chi connectivity index (χ1n) is 3.61. The summed E-state index contributed by atoms with van der Waals surface area (Å²) in [7, 11) is 0. The number of halogens is 2. The van der Waals surface area contributed by atoms with Gasteiger partial charge >= 0.3 is 0 Å². The second-order valence-electron chi connectivity index (χ2n) is 2.49. The maximum atomic E-state index is 12.7. The van der Waals surface area contributed by atoms with Gasteiger partial charge in [0, 0.05) is 10.0 Å². The zero-order valence-electron chi connectivity index (χ0n) is 6.50. The van der Waals surface area contributed by atoms with E-state index in [1.165, 1.54) is 18.5 Å². The highest BCUT2D eigenvalue weighted by molar-refractivity contribution is 9.10. The van der Waals surface area contributed by atoms with Crippen LogP contribution >= 0.6 is 15.9 Å². The molecule has 2 rings (SSSR count). The molecule has 0 aliphatic rings. The Hall–Kier alpha value is -1.16. The third-order valence-corrected chi connectivity index (χ3v) is 2.28. The van der Waals surface area contributed by atoms with Gasteiger partial charge in [-0.05, 0) is 34.1 Å². The van der Waals surface area contributed by atoms with E-state index in [1.807, 2.05) is 0 Å². The Labute approximate surface area is 82.5 Å². The van der Waals surface area contributed by atoms with Crippen LogP contribution in [0.25, 0.3) is 11.3 Å². The van der Waals surface area contributed by atoms with Crippen LogP contribution in [0.2, 0.25) is 0 Å². The Bertz CT molecular complexity index is 414. The second kappa shape index (κ2) is 3.30. The minimum absolute atomic E-state index is 0.282. The third kappa shape index (κ3) is 1.62. The lowest BCUT2D eigenvalue weighted by Gasteiger charge is -1.99. The highest BCUT2D eigenvalue weighted by atomic mass is 79.9. The van der Waals surface area contributed by atoms with Crippen LogP contribution in [0.15, 0.2) is 39.7 Å². The Morgan fingerprint density at radius 1 is 1.38 bits per heavy atom. The molecular weight excluding hydrogens is 237 g/mol. The molecule has 0 saturated heterocycles. The van der Waals surface area contributed by atoms with Crippen LogP contribution in [-0.2, 0) is 0 Å². The molecule has 0 atom stereocenters. The van der Waals surface area contributed by atoms with Gasteiger partial charge < -0.3 is 4.42 Å². The number of hydrogen-bond donors (Lipinski definition) is 0. The quantitative estimate of drug-likeness (QED) is 0.767. The van der Waals surface area contributed by atoms with Gasteiger partial charge in [0.2, 0.25) is 0 Å². The molecule has 1 heterocycles. The van der Waals surface area contributed by atoms with Crippen molar-refractivity contribution >= 4 is 15.9 Å². The molecule has 0 aliphatic heterocycles. The fourth-order valence-electron chi connectivity index (χ4n) is 1.04. The molecule has 1 aromatic carbocycles. The van der Waals surface area contributed by atoms with Crippen LogP contribution in [-0.4, -0.2) is 4.98 Å². The smallest absolute Gasteiger partial charge is 0.181 e. The fourth-order valence-corrected chi connectivity index (χ4v) is 1.58. The zero-order valence-corrected chi connectivity index (χ0v) is 8.08. The van der Waals surface area contributed by atoms with Crippen LogP contribution in [0.4, 0.5) is 4.39 Å². The predicted octanol–water partition coefficient (Wildman–Crippen LogP) is 3.24. The average molecular weight is 242 g/mol. The summed E-state index contributed by atoms with van der Waals surface area (Å²) in [5, 5.41) is 0. The van der Waals surface area contributed by atoms with Crippen LogP contribution < -0.4 is 0 Å². The van der Waals surface area contributed by atoms with Crippen molar-refractivity contribution in [2.75, 3.05) is 0 Å². The number of hydrogen-bond acceptors (Lipinski definition) is 2. The van der Waals surface area contributed by atoms with Gasteiger partial charge in [-0.1, -0.05) is 0 Å². The molecule has 4 heteroatoms. The summed E-state index contributed by atoms with van der Waals surface area (Å²) in [5.74, 6) is 0.335. The summed E-state index contributed by atoms with van der Waals surface area (Å²) in [6.45, 7) is 0. The monoisotopic (exact) mass is 241 g/mol. The summed E-state index contributed by atoms with van der Waals surface area (Å²) in [5.41, 5.74) is 0.791. The first-order valence-corrected chi connectivity index (χ1v) is 4.40. The van der Waals surface area contributed by atoms with Gasteiger partial charge in [-0.25, -0.2) is 9.37 Å². The van der Waals surface area contributed by atoms with Crippen molar-refractivity contribution in [1.29, 1.82) is 0 Å². The Morgan fingerprint density at radius 3 is 2.85 bits per heavy atom. The minimum atomic E-state index is -0.282. The van der Waals surface area contributed by atoms with Crippen LogP contribution in [0, 0.1) is 5.82 Å². The van der Waals surface area contributed by atoms with Crippen molar-refractivity contribution in [3.05, 3.63) is 41.1 Å². The molecule has 0 fully saturated rings. The summed E-state index contributed by atoms with van der Waals surface area (Å²) in [4.78, 5) is 3.78. The van der Waals surface area contributed by atoms with Gasteiger partial charge in [-0.3, -0.25) is 0 Å². The van der Waals surface area contributed by atoms with Crippen molar-refractivity contribution in [3.63, 3.8) is 0 Å².